The lowest BCUT2D eigenvalue weighted by molar-refractivity contribution is 0.359. The highest BCUT2D eigenvalue weighted by Gasteiger charge is 2.16. The molecular weight excluding hydrogens is 194 g/mol. The van der Waals surface area contributed by atoms with Gasteiger partial charge in [-0.3, -0.25) is 0 Å². The number of likely N-dealkylation sites (tertiary alicyclic amines) is 1. The molecule has 16 heavy (non-hydrogen) atoms. The third-order valence-electron chi connectivity index (χ3n) is 3.60. The highest BCUT2D eigenvalue weighted by molar-refractivity contribution is 5.28. The molecular formula is C15H21N. The lowest BCUT2D eigenvalue weighted by Gasteiger charge is -2.23. The van der Waals surface area contributed by atoms with Gasteiger partial charge in [0.15, 0.2) is 0 Å². The summed E-state index contributed by atoms with van der Waals surface area (Å²) < 4.78 is 0. The number of allylic oxidation sites excluding steroid dienone is 4. The lowest BCUT2D eigenvalue weighted by Crippen LogP contribution is -2.23. The minimum atomic E-state index is 0.939. The molecule has 86 valence electrons. The molecule has 1 saturated heterocycles. The first-order chi connectivity index (χ1) is 7.90. The number of hydrogen-bond donors (Lipinski definition) is 0. The summed E-state index contributed by atoms with van der Waals surface area (Å²) in [7, 11) is 0. The second-order valence-electron chi connectivity index (χ2n) is 4.64. The number of hydrogen-bond acceptors (Lipinski definition) is 1. The lowest BCUT2D eigenvalue weighted by atomic mass is 9.98. The summed E-state index contributed by atoms with van der Waals surface area (Å²) in [5.74, 6) is 0.939. The molecule has 1 unspecified atom stereocenters. The molecule has 1 aliphatic heterocycles. The van der Waals surface area contributed by atoms with E-state index in [1.165, 1.54) is 44.5 Å². The summed E-state index contributed by atoms with van der Waals surface area (Å²) >= 11 is 0. The van der Waals surface area contributed by atoms with Crippen LogP contribution in [0.4, 0.5) is 0 Å². The molecule has 2 rings (SSSR count). The Kier molecular flexibility index (Phi) is 4.07. The minimum absolute atomic E-state index is 0.939. The molecule has 0 amide bonds. The Morgan fingerprint density at radius 3 is 3.12 bits per heavy atom. The van der Waals surface area contributed by atoms with E-state index in [0.29, 0.717) is 0 Å². The fourth-order valence-electron chi connectivity index (χ4n) is 2.49. The standard InChI is InChI=1S/C15H21N/c1-2-14-8-7-12-16(13-11-14)15-9-5-3-4-6-10-15/h3,5-6,9-10,14H,2,7-8,11-13H2,1H3. The molecule has 2 aliphatic rings. The molecule has 1 fully saturated rings. The SMILES string of the molecule is CCC1CCCN(C2=CC=C=CC=C2)CC1. The topological polar surface area (TPSA) is 3.24 Å². The van der Waals surface area contributed by atoms with E-state index in [9.17, 15) is 0 Å². The Hall–Kier alpha value is -1.20. The highest BCUT2D eigenvalue weighted by atomic mass is 15.1. The first-order valence-electron chi connectivity index (χ1n) is 6.44. The van der Waals surface area contributed by atoms with Gasteiger partial charge < -0.3 is 4.90 Å². The number of nitrogens with zero attached hydrogens (tertiary/aromatic N) is 1. The van der Waals surface area contributed by atoms with E-state index < -0.39 is 0 Å². The molecule has 0 aromatic rings. The molecule has 1 aliphatic carbocycles. The van der Waals surface area contributed by atoms with Crippen molar-refractivity contribution >= 4 is 0 Å². The molecule has 0 bridgehead atoms. The second kappa shape index (κ2) is 5.77. The summed E-state index contributed by atoms with van der Waals surface area (Å²) in [5.41, 5.74) is 4.46. The van der Waals surface area contributed by atoms with Gasteiger partial charge in [0, 0.05) is 18.8 Å². The molecule has 1 heterocycles. The second-order valence-corrected chi connectivity index (χ2v) is 4.64. The van der Waals surface area contributed by atoms with E-state index in [1.807, 2.05) is 12.2 Å². The van der Waals surface area contributed by atoms with Crippen LogP contribution in [0.15, 0.2) is 41.8 Å². The first kappa shape index (κ1) is 11.3. The van der Waals surface area contributed by atoms with Crippen molar-refractivity contribution in [2.75, 3.05) is 13.1 Å². The van der Waals surface area contributed by atoms with Crippen molar-refractivity contribution in [3.8, 4) is 0 Å². The van der Waals surface area contributed by atoms with E-state index in [2.05, 4.69) is 35.8 Å². The molecule has 1 heteroatoms. The van der Waals surface area contributed by atoms with Gasteiger partial charge in [0.25, 0.3) is 0 Å². The Labute approximate surface area is 98.8 Å². The van der Waals surface area contributed by atoms with Gasteiger partial charge in [-0.25, -0.2) is 0 Å². The van der Waals surface area contributed by atoms with Crippen LogP contribution in [0.2, 0.25) is 0 Å². The zero-order valence-electron chi connectivity index (χ0n) is 10.2. The van der Waals surface area contributed by atoms with Crippen LogP contribution in [0, 0.1) is 5.92 Å². The summed E-state index contributed by atoms with van der Waals surface area (Å²) in [5, 5.41) is 0. The van der Waals surface area contributed by atoms with E-state index in [4.69, 9.17) is 0 Å². The van der Waals surface area contributed by atoms with Gasteiger partial charge >= 0.3 is 0 Å². The zero-order chi connectivity index (χ0) is 11.2. The van der Waals surface area contributed by atoms with Gasteiger partial charge in [0.05, 0.1) is 0 Å². The van der Waals surface area contributed by atoms with Crippen molar-refractivity contribution in [1.82, 2.24) is 4.90 Å². The fraction of sp³-hybridized carbons (Fsp3) is 0.533. The van der Waals surface area contributed by atoms with Crippen LogP contribution in [0.1, 0.15) is 32.6 Å². The number of rotatable bonds is 2. The Balaban J connectivity index is 2.00. The molecule has 0 aromatic carbocycles. The van der Waals surface area contributed by atoms with E-state index in [-0.39, 0.29) is 0 Å². The predicted molar refractivity (Wildman–Crippen MR) is 69.1 cm³/mol. The van der Waals surface area contributed by atoms with Gasteiger partial charge in [-0.2, -0.15) is 0 Å². The summed E-state index contributed by atoms with van der Waals surface area (Å²) in [6.45, 7) is 4.74. The van der Waals surface area contributed by atoms with Crippen LogP contribution in [-0.2, 0) is 0 Å². The van der Waals surface area contributed by atoms with Crippen LogP contribution in [0.3, 0.4) is 0 Å². The molecule has 0 spiro atoms. The summed E-state index contributed by atoms with van der Waals surface area (Å²) in [4.78, 5) is 2.52. The highest BCUT2D eigenvalue weighted by Crippen LogP contribution is 2.23. The maximum Gasteiger partial charge on any atom is 0.0372 e. The quantitative estimate of drug-likeness (QED) is 0.635. The normalized spacial score (nSPS) is 25.2. The predicted octanol–water partition coefficient (Wildman–Crippen LogP) is 3.66. The Morgan fingerprint density at radius 2 is 2.25 bits per heavy atom. The van der Waals surface area contributed by atoms with E-state index >= 15 is 0 Å². The van der Waals surface area contributed by atoms with Crippen molar-refractivity contribution in [2.24, 2.45) is 5.92 Å². The average Bonchev–Trinajstić information content (AvgIpc) is 2.71. The Bertz CT molecular complexity index is 342. The van der Waals surface area contributed by atoms with Crippen LogP contribution >= 0.6 is 0 Å². The van der Waals surface area contributed by atoms with Gasteiger partial charge in [-0.15, -0.1) is 5.73 Å². The molecule has 0 radical (unpaired) electrons. The maximum atomic E-state index is 3.11. The molecule has 0 aromatic heterocycles. The van der Waals surface area contributed by atoms with Crippen LogP contribution in [-0.4, -0.2) is 18.0 Å². The van der Waals surface area contributed by atoms with Crippen LogP contribution in [0.25, 0.3) is 0 Å². The zero-order valence-corrected chi connectivity index (χ0v) is 10.2. The van der Waals surface area contributed by atoms with Gasteiger partial charge in [-0.05, 0) is 49.5 Å². The van der Waals surface area contributed by atoms with Crippen LogP contribution < -0.4 is 0 Å². The largest absolute Gasteiger partial charge is 0.372 e. The third kappa shape index (κ3) is 2.90. The van der Waals surface area contributed by atoms with Crippen molar-refractivity contribution in [1.29, 1.82) is 0 Å². The minimum Gasteiger partial charge on any atom is -0.372 e. The Morgan fingerprint density at radius 1 is 1.31 bits per heavy atom. The molecule has 0 saturated carbocycles. The van der Waals surface area contributed by atoms with Crippen molar-refractivity contribution in [3.63, 3.8) is 0 Å². The monoisotopic (exact) mass is 215 g/mol. The molecule has 1 nitrogen and oxygen atoms in total. The molecule has 0 N–H and O–H groups in total. The van der Waals surface area contributed by atoms with E-state index in [1.54, 1.807) is 0 Å². The van der Waals surface area contributed by atoms with Crippen molar-refractivity contribution in [3.05, 3.63) is 41.8 Å². The maximum absolute atomic E-state index is 3.11. The summed E-state index contributed by atoms with van der Waals surface area (Å²) in [6, 6.07) is 0. The van der Waals surface area contributed by atoms with Gasteiger partial charge in [-0.1, -0.05) is 19.4 Å². The van der Waals surface area contributed by atoms with Gasteiger partial charge in [0.2, 0.25) is 0 Å². The van der Waals surface area contributed by atoms with Crippen LogP contribution in [0.5, 0.6) is 0 Å². The third-order valence-corrected chi connectivity index (χ3v) is 3.60. The first-order valence-corrected chi connectivity index (χ1v) is 6.44. The van der Waals surface area contributed by atoms with E-state index in [0.717, 1.165) is 5.92 Å². The van der Waals surface area contributed by atoms with Gasteiger partial charge in [0.1, 0.15) is 0 Å². The summed E-state index contributed by atoms with van der Waals surface area (Å²) in [6.07, 6.45) is 15.8. The smallest absolute Gasteiger partial charge is 0.0372 e. The fourth-order valence-corrected chi connectivity index (χ4v) is 2.49. The average molecular weight is 215 g/mol. The van der Waals surface area contributed by atoms with Crippen molar-refractivity contribution < 1.29 is 0 Å². The molecule has 1 atom stereocenters. The van der Waals surface area contributed by atoms with Crippen molar-refractivity contribution in [2.45, 2.75) is 32.6 Å².